The summed E-state index contributed by atoms with van der Waals surface area (Å²) in [5, 5.41) is 20.5. The number of carbonyl (C=O) groups is 1. The van der Waals surface area contributed by atoms with Gasteiger partial charge in [0.05, 0.1) is 23.7 Å². The number of ether oxygens (including phenoxy) is 1. The van der Waals surface area contributed by atoms with Crippen molar-refractivity contribution in [1.29, 1.82) is 5.26 Å². The fraction of sp³-hybridized carbons (Fsp3) is 0.615. The average Bonchev–Trinajstić information content (AvgIpc) is 3.11. The summed E-state index contributed by atoms with van der Waals surface area (Å²) < 4.78 is 5.83. The van der Waals surface area contributed by atoms with Crippen LogP contribution in [-0.2, 0) is 9.53 Å². The van der Waals surface area contributed by atoms with Crippen LogP contribution in [0.25, 0.3) is 0 Å². The van der Waals surface area contributed by atoms with Crippen LogP contribution in [-0.4, -0.2) is 60.9 Å². The van der Waals surface area contributed by atoms with Gasteiger partial charge in [-0.15, -0.1) is 0 Å². The summed E-state index contributed by atoms with van der Waals surface area (Å²) in [4.78, 5) is 17.6. The standard InChI is InChI=1S/C26H33N3O3/c1-17-4-3-5-19-14-22-23(24(30)26(17,19)2)21(25(31)32-22)16-28-10-12-29(13-11-28)20-8-6-18(15-27)7-9-20/h5-9,17,21-24,30H,3-4,10-14,16H2,1-2H3/t17-,21+,22-,23-,24-,26-/m1/s1. The van der Waals surface area contributed by atoms with Gasteiger partial charge in [-0.25, -0.2) is 0 Å². The number of esters is 1. The third kappa shape index (κ3) is 3.43. The zero-order valence-electron chi connectivity index (χ0n) is 19.0. The van der Waals surface area contributed by atoms with Crippen molar-refractivity contribution in [2.45, 2.75) is 45.3 Å². The first kappa shape index (κ1) is 21.5. The quantitative estimate of drug-likeness (QED) is 0.581. The molecule has 0 aromatic heterocycles. The first-order valence-electron chi connectivity index (χ1n) is 12.0. The summed E-state index contributed by atoms with van der Waals surface area (Å²) in [5.74, 6) is -0.111. The molecule has 4 aliphatic rings. The van der Waals surface area contributed by atoms with Gasteiger partial charge in [-0.3, -0.25) is 9.69 Å². The van der Waals surface area contributed by atoms with Crippen LogP contribution in [0.15, 0.2) is 35.9 Å². The molecule has 0 bridgehead atoms. The third-order valence-electron chi connectivity index (χ3n) is 8.76. The highest BCUT2D eigenvalue weighted by Gasteiger charge is 2.59. The van der Waals surface area contributed by atoms with Crippen LogP contribution < -0.4 is 4.90 Å². The molecular weight excluding hydrogens is 402 g/mol. The van der Waals surface area contributed by atoms with Crippen LogP contribution >= 0.6 is 0 Å². The lowest BCUT2D eigenvalue weighted by Gasteiger charge is -2.52. The number of piperazine rings is 1. The summed E-state index contributed by atoms with van der Waals surface area (Å²) in [6.07, 6.45) is 4.47. The Balaban J connectivity index is 1.26. The van der Waals surface area contributed by atoms with E-state index >= 15 is 0 Å². The Kier molecular flexibility index (Phi) is 5.51. The minimum Gasteiger partial charge on any atom is -0.461 e. The van der Waals surface area contributed by atoms with Crippen LogP contribution in [0, 0.1) is 34.5 Å². The van der Waals surface area contributed by atoms with Crippen molar-refractivity contribution in [1.82, 2.24) is 4.90 Å². The lowest BCUT2D eigenvalue weighted by molar-refractivity contribution is -0.145. The maximum atomic E-state index is 12.9. The first-order valence-corrected chi connectivity index (χ1v) is 12.0. The SMILES string of the molecule is C[C@@H]1CCC=C2C[C@H]3OC(=O)[C@@H](CN4CCN(c5ccc(C#N)cc5)CC4)[C@H]3[C@@H](O)[C@@]21C. The van der Waals surface area contributed by atoms with Gasteiger partial charge in [0.2, 0.25) is 0 Å². The molecule has 0 unspecified atom stereocenters. The molecule has 2 aliphatic carbocycles. The molecule has 6 nitrogen and oxygen atoms in total. The van der Waals surface area contributed by atoms with Crippen LogP contribution in [0.5, 0.6) is 0 Å². The molecule has 170 valence electrons. The van der Waals surface area contributed by atoms with E-state index in [1.165, 1.54) is 5.57 Å². The lowest BCUT2D eigenvalue weighted by atomic mass is 9.55. The lowest BCUT2D eigenvalue weighted by Crippen LogP contribution is -2.55. The van der Waals surface area contributed by atoms with Crippen molar-refractivity contribution in [2.75, 3.05) is 37.6 Å². The number of fused-ring (bicyclic) bond motifs is 2. The van der Waals surface area contributed by atoms with Crippen molar-refractivity contribution in [3.8, 4) is 6.07 Å². The number of allylic oxidation sites excluding steroid dienone is 1. The predicted octanol–water partition coefficient (Wildman–Crippen LogP) is 2.97. The number of benzene rings is 1. The van der Waals surface area contributed by atoms with Crippen molar-refractivity contribution in [3.63, 3.8) is 0 Å². The first-order chi connectivity index (χ1) is 15.4. The maximum Gasteiger partial charge on any atom is 0.311 e. The van der Waals surface area contributed by atoms with E-state index in [9.17, 15) is 9.90 Å². The molecule has 1 aromatic carbocycles. The van der Waals surface area contributed by atoms with Gasteiger partial charge in [-0.1, -0.05) is 25.5 Å². The van der Waals surface area contributed by atoms with Crippen molar-refractivity contribution in [3.05, 3.63) is 41.5 Å². The van der Waals surface area contributed by atoms with E-state index in [0.717, 1.165) is 51.1 Å². The highest BCUT2D eigenvalue weighted by Crippen LogP contribution is 2.56. The number of hydrogen-bond donors (Lipinski definition) is 1. The van der Waals surface area contributed by atoms with E-state index in [1.54, 1.807) is 0 Å². The Morgan fingerprint density at radius 3 is 2.62 bits per heavy atom. The van der Waals surface area contributed by atoms with Crippen molar-refractivity contribution in [2.24, 2.45) is 23.2 Å². The molecule has 5 rings (SSSR count). The second-order valence-corrected chi connectivity index (χ2v) is 10.2. The number of nitrogens with zero attached hydrogens (tertiary/aromatic N) is 3. The zero-order chi connectivity index (χ0) is 22.5. The molecule has 6 heteroatoms. The van der Waals surface area contributed by atoms with Gasteiger partial charge in [-0.05, 0) is 43.0 Å². The topological polar surface area (TPSA) is 76.8 Å². The summed E-state index contributed by atoms with van der Waals surface area (Å²) in [6, 6.07) is 9.88. The second-order valence-electron chi connectivity index (χ2n) is 10.2. The molecule has 1 N–H and O–H groups in total. The number of carbonyl (C=O) groups excluding carboxylic acids is 1. The molecule has 0 spiro atoms. The molecule has 1 saturated carbocycles. The van der Waals surface area contributed by atoms with E-state index in [0.29, 0.717) is 18.0 Å². The van der Waals surface area contributed by atoms with Gasteiger partial charge in [0.1, 0.15) is 6.10 Å². The Hall–Kier alpha value is -2.36. The molecular formula is C26H33N3O3. The van der Waals surface area contributed by atoms with Crippen LogP contribution in [0.3, 0.4) is 0 Å². The number of hydrogen-bond acceptors (Lipinski definition) is 6. The molecule has 0 amide bonds. The van der Waals surface area contributed by atoms with Crippen molar-refractivity contribution >= 4 is 11.7 Å². The number of anilines is 1. The van der Waals surface area contributed by atoms with Crippen LogP contribution in [0.1, 0.15) is 38.7 Å². The summed E-state index contributed by atoms with van der Waals surface area (Å²) in [5.41, 5.74) is 2.84. The highest BCUT2D eigenvalue weighted by atomic mass is 16.6. The zero-order valence-corrected chi connectivity index (χ0v) is 19.0. The predicted molar refractivity (Wildman–Crippen MR) is 122 cm³/mol. The summed E-state index contributed by atoms with van der Waals surface area (Å²) in [6.45, 7) is 8.59. The van der Waals surface area contributed by atoms with Crippen molar-refractivity contribution < 1.29 is 14.6 Å². The highest BCUT2D eigenvalue weighted by molar-refractivity contribution is 5.76. The Morgan fingerprint density at radius 2 is 1.94 bits per heavy atom. The van der Waals surface area contributed by atoms with Crippen LogP contribution in [0.2, 0.25) is 0 Å². The van der Waals surface area contributed by atoms with Crippen LogP contribution in [0.4, 0.5) is 5.69 Å². The van der Waals surface area contributed by atoms with Gasteiger partial charge >= 0.3 is 5.97 Å². The minimum absolute atomic E-state index is 0.123. The van der Waals surface area contributed by atoms with E-state index in [4.69, 9.17) is 10.00 Å². The minimum atomic E-state index is -0.542. The third-order valence-corrected chi connectivity index (χ3v) is 8.76. The van der Waals surface area contributed by atoms with E-state index < -0.39 is 6.10 Å². The fourth-order valence-electron chi connectivity index (χ4n) is 6.49. The number of nitriles is 1. The van der Waals surface area contributed by atoms with E-state index in [1.807, 2.05) is 24.3 Å². The number of aliphatic hydroxyl groups excluding tert-OH is 1. The molecule has 3 fully saturated rings. The van der Waals surface area contributed by atoms with Gasteiger partial charge in [0, 0.05) is 56.2 Å². The monoisotopic (exact) mass is 435 g/mol. The number of aliphatic hydroxyl groups is 1. The smallest absolute Gasteiger partial charge is 0.311 e. The molecule has 0 radical (unpaired) electrons. The Bertz CT molecular complexity index is 944. The van der Waals surface area contributed by atoms with E-state index in [-0.39, 0.29) is 29.3 Å². The summed E-state index contributed by atoms with van der Waals surface area (Å²) in [7, 11) is 0. The fourth-order valence-corrected chi connectivity index (χ4v) is 6.49. The number of rotatable bonds is 3. The molecule has 6 atom stereocenters. The Labute approximate surface area is 190 Å². The maximum absolute atomic E-state index is 12.9. The Morgan fingerprint density at radius 1 is 1.22 bits per heavy atom. The van der Waals surface area contributed by atoms with Gasteiger partial charge in [0.15, 0.2) is 0 Å². The van der Waals surface area contributed by atoms with E-state index in [2.05, 4.69) is 35.8 Å². The molecule has 32 heavy (non-hydrogen) atoms. The molecule has 2 aliphatic heterocycles. The van der Waals surface area contributed by atoms with Gasteiger partial charge in [-0.2, -0.15) is 5.26 Å². The summed E-state index contributed by atoms with van der Waals surface area (Å²) >= 11 is 0. The average molecular weight is 436 g/mol. The van der Waals surface area contributed by atoms with Gasteiger partial charge < -0.3 is 14.7 Å². The largest absolute Gasteiger partial charge is 0.461 e. The van der Waals surface area contributed by atoms with Gasteiger partial charge in [0.25, 0.3) is 0 Å². The normalized spacial score (nSPS) is 37.2. The molecule has 1 aromatic rings. The molecule has 2 heterocycles. The molecule has 2 saturated heterocycles. The second kappa shape index (κ2) is 8.20.